The van der Waals surface area contributed by atoms with Gasteiger partial charge in [-0.1, -0.05) is 17.8 Å². The summed E-state index contributed by atoms with van der Waals surface area (Å²) in [4.78, 5) is 27.6. The van der Waals surface area contributed by atoms with E-state index in [2.05, 4.69) is 26.7 Å². The third kappa shape index (κ3) is 3.94. The predicted molar refractivity (Wildman–Crippen MR) is 92.7 cm³/mol. The summed E-state index contributed by atoms with van der Waals surface area (Å²) in [5.74, 6) is 0.790. The SMILES string of the molecule is C=CCSc1nnc(Cc2cc(=O)[nH]c(=O)[nH]2)n1-c1ccc(F)cc1. The molecular weight excluding hydrogens is 345 g/mol. The van der Waals surface area contributed by atoms with Gasteiger partial charge in [-0.2, -0.15) is 0 Å². The molecule has 128 valence electrons. The van der Waals surface area contributed by atoms with Crippen LogP contribution in [0.2, 0.25) is 0 Å². The van der Waals surface area contributed by atoms with E-state index in [4.69, 9.17) is 0 Å². The maximum atomic E-state index is 13.2. The number of benzene rings is 1. The van der Waals surface area contributed by atoms with Gasteiger partial charge < -0.3 is 4.98 Å². The van der Waals surface area contributed by atoms with E-state index >= 15 is 0 Å². The largest absolute Gasteiger partial charge is 0.325 e. The summed E-state index contributed by atoms with van der Waals surface area (Å²) in [6.07, 6.45) is 1.93. The summed E-state index contributed by atoms with van der Waals surface area (Å²) >= 11 is 1.42. The number of hydrogen-bond acceptors (Lipinski definition) is 5. The quantitative estimate of drug-likeness (QED) is 0.515. The smallest absolute Gasteiger partial charge is 0.311 e. The van der Waals surface area contributed by atoms with Crippen molar-refractivity contribution >= 4 is 11.8 Å². The van der Waals surface area contributed by atoms with Gasteiger partial charge in [0.15, 0.2) is 5.16 Å². The Morgan fingerprint density at radius 2 is 1.96 bits per heavy atom. The summed E-state index contributed by atoms with van der Waals surface area (Å²) < 4.78 is 15.0. The Bertz CT molecular complexity index is 978. The molecule has 0 atom stereocenters. The molecule has 0 aliphatic heterocycles. The van der Waals surface area contributed by atoms with Gasteiger partial charge in [0.1, 0.15) is 11.6 Å². The second-order valence-electron chi connectivity index (χ2n) is 5.10. The molecule has 0 spiro atoms. The Hall–Kier alpha value is -2.94. The first-order valence-electron chi connectivity index (χ1n) is 7.33. The fourth-order valence-corrected chi connectivity index (χ4v) is 2.98. The van der Waals surface area contributed by atoms with Crippen molar-refractivity contribution in [2.75, 3.05) is 5.75 Å². The van der Waals surface area contributed by atoms with E-state index in [-0.39, 0.29) is 12.2 Å². The van der Waals surface area contributed by atoms with Crippen molar-refractivity contribution in [2.45, 2.75) is 11.6 Å². The molecule has 7 nitrogen and oxygen atoms in total. The van der Waals surface area contributed by atoms with Crippen LogP contribution in [0, 0.1) is 5.82 Å². The lowest BCUT2D eigenvalue weighted by Crippen LogP contribution is -2.23. The summed E-state index contributed by atoms with van der Waals surface area (Å²) in [5.41, 5.74) is 0.00869. The molecule has 0 aliphatic rings. The molecule has 0 saturated heterocycles. The van der Waals surface area contributed by atoms with Crippen molar-refractivity contribution in [3.8, 4) is 5.69 Å². The van der Waals surface area contributed by atoms with Crippen LogP contribution in [-0.4, -0.2) is 30.5 Å². The minimum Gasteiger partial charge on any atom is -0.311 e. The Kier molecular flexibility index (Phi) is 4.94. The molecule has 0 amide bonds. The fourth-order valence-electron chi connectivity index (χ4n) is 2.28. The highest BCUT2D eigenvalue weighted by molar-refractivity contribution is 7.99. The van der Waals surface area contributed by atoms with Crippen LogP contribution in [-0.2, 0) is 6.42 Å². The van der Waals surface area contributed by atoms with Gasteiger partial charge in [-0.05, 0) is 24.3 Å². The highest BCUT2D eigenvalue weighted by Crippen LogP contribution is 2.23. The molecule has 2 aromatic heterocycles. The van der Waals surface area contributed by atoms with Crippen LogP contribution in [0.15, 0.2) is 57.7 Å². The maximum Gasteiger partial charge on any atom is 0.325 e. The first kappa shape index (κ1) is 16.9. The van der Waals surface area contributed by atoms with Crippen LogP contribution in [0.3, 0.4) is 0 Å². The molecule has 0 fully saturated rings. The van der Waals surface area contributed by atoms with Gasteiger partial charge in [-0.3, -0.25) is 14.3 Å². The van der Waals surface area contributed by atoms with E-state index < -0.39 is 11.2 Å². The van der Waals surface area contributed by atoms with E-state index in [9.17, 15) is 14.0 Å². The highest BCUT2D eigenvalue weighted by Gasteiger charge is 2.15. The van der Waals surface area contributed by atoms with Gasteiger partial charge >= 0.3 is 5.69 Å². The van der Waals surface area contributed by atoms with Crippen molar-refractivity contribution in [3.63, 3.8) is 0 Å². The number of halogens is 1. The maximum absolute atomic E-state index is 13.2. The Morgan fingerprint density at radius 1 is 1.20 bits per heavy atom. The average molecular weight is 359 g/mol. The monoisotopic (exact) mass is 359 g/mol. The molecule has 0 saturated carbocycles. The number of thioether (sulfide) groups is 1. The topological polar surface area (TPSA) is 96.4 Å². The van der Waals surface area contributed by atoms with E-state index in [1.54, 1.807) is 22.8 Å². The molecule has 1 aromatic carbocycles. The van der Waals surface area contributed by atoms with Crippen molar-refractivity contribution < 1.29 is 4.39 Å². The molecule has 3 rings (SSSR count). The van der Waals surface area contributed by atoms with Crippen LogP contribution in [0.1, 0.15) is 11.5 Å². The van der Waals surface area contributed by atoms with E-state index in [1.165, 1.54) is 30.0 Å². The molecule has 25 heavy (non-hydrogen) atoms. The number of hydrogen-bond donors (Lipinski definition) is 2. The molecule has 0 radical (unpaired) electrons. The Morgan fingerprint density at radius 3 is 2.64 bits per heavy atom. The zero-order valence-corrected chi connectivity index (χ0v) is 13.8. The first-order chi connectivity index (χ1) is 12.1. The Balaban J connectivity index is 2.05. The van der Waals surface area contributed by atoms with Crippen LogP contribution in [0.25, 0.3) is 5.69 Å². The van der Waals surface area contributed by atoms with Crippen LogP contribution >= 0.6 is 11.8 Å². The average Bonchev–Trinajstić information content (AvgIpc) is 2.95. The van der Waals surface area contributed by atoms with Crippen molar-refractivity contribution in [1.82, 2.24) is 24.7 Å². The van der Waals surface area contributed by atoms with Gasteiger partial charge in [0.25, 0.3) is 5.56 Å². The number of rotatable bonds is 6. The summed E-state index contributed by atoms with van der Waals surface area (Å²) in [5, 5.41) is 8.91. The van der Waals surface area contributed by atoms with Crippen LogP contribution < -0.4 is 11.2 Å². The second-order valence-corrected chi connectivity index (χ2v) is 6.09. The molecule has 9 heteroatoms. The lowest BCUT2D eigenvalue weighted by Gasteiger charge is -2.09. The van der Waals surface area contributed by atoms with Gasteiger partial charge in [-0.15, -0.1) is 16.8 Å². The van der Waals surface area contributed by atoms with E-state index in [1.807, 2.05) is 0 Å². The Labute approximate surface area is 145 Å². The third-order valence-electron chi connectivity index (χ3n) is 3.28. The number of aromatic nitrogens is 5. The van der Waals surface area contributed by atoms with Crippen LogP contribution in [0.5, 0.6) is 0 Å². The normalized spacial score (nSPS) is 10.8. The number of aromatic amines is 2. The van der Waals surface area contributed by atoms with E-state index in [0.717, 1.165) is 0 Å². The fraction of sp³-hybridized carbons (Fsp3) is 0.125. The molecule has 0 unspecified atom stereocenters. The molecule has 2 N–H and O–H groups in total. The van der Waals surface area contributed by atoms with Crippen molar-refractivity contribution in [3.05, 3.63) is 81.2 Å². The van der Waals surface area contributed by atoms with Crippen molar-refractivity contribution in [1.29, 1.82) is 0 Å². The number of nitrogens with one attached hydrogen (secondary N) is 2. The van der Waals surface area contributed by atoms with Crippen LogP contribution in [0.4, 0.5) is 4.39 Å². The predicted octanol–water partition coefficient (Wildman–Crippen LogP) is 1.65. The summed E-state index contributed by atoms with van der Waals surface area (Å²) in [6, 6.07) is 7.20. The summed E-state index contributed by atoms with van der Waals surface area (Å²) in [7, 11) is 0. The van der Waals surface area contributed by atoms with Gasteiger partial charge in [0, 0.05) is 29.6 Å². The number of H-pyrrole nitrogens is 2. The number of nitrogens with zero attached hydrogens (tertiary/aromatic N) is 3. The molecular formula is C16H14FN5O2S. The van der Waals surface area contributed by atoms with Gasteiger partial charge in [-0.25, -0.2) is 9.18 Å². The zero-order chi connectivity index (χ0) is 17.8. The zero-order valence-electron chi connectivity index (χ0n) is 13.0. The third-order valence-corrected chi connectivity index (χ3v) is 4.20. The standard InChI is InChI=1S/C16H14FN5O2S/c1-2-7-25-16-21-20-13(8-11-9-14(23)19-15(24)18-11)22(16)12-5-3-10(17)4-6-12/h2-6,9H,1,7-8H2,(H2,18,19,23,24). The van der Waals surface area contributed by atoms with Crippen molar-refractivity contribution in [2.24, 2.45) is 0 Å². The van der Waals surface area contributed by atoms with Gasteiger partial charge in [0.2, 0.25) is 0 Å². The van der Waals surface area contributed by atoms with Gasteiger partial charge in [0.05, 0.1) is 0 Å². The molecule has 3 aromatic rings. The minimum absolute atomic E-state index is 0.193. The van der Waals surface area contributed by atoms with E-state index in [0.29, 0.717) is 28.1 Å². The molecule has 0 bridgehead atoms. The minimum atomic E-state index is -0.586. The lowest BCUT2D eigenvalue weighted by atomic mass is 10.2. The lowest BCUT2D eigenvalue weighted by molar-refractivity contribution is 0.627. The highest BCUT2D eigenvalue weighted by atomic mass is 32.2. The molecule has 0 aliphatic carbocycles. The first-order valence-corrected chi connectivity index (χ1v) is 8.32. The molecule has 2 heterocycles. The summed E-state index contributed by atoms with van der Waals surface area (Å²) in [6.45, 7) is 3.68. The second kappa shape index (κ2) is 7.31.